The molecule has 2 N–H and O–H groups in total. The van der Waals surface area contributed by atoms with Crippen LogP contribution in [0.5, 0.6) is 0 Å². The third-order valence-corrected chi connectivity index (χ3v) is 3.37. The first-order valence-electron chi connectivity index (χ1n) is 6.88. The van der Waals surface area contributed by atoms with E-state index < -0.39 is 5.97 Å². The predicted octanol–water partition coefficient (Wildman–Crippen LogP) is 2.07. The lowest BCUT2D eigenvalue weighted by molar-refractivity contribution is -0.137. The predicted molar refractivity (Wildman–Crippen MR) is 69.5 cm³/mol. The molecule has 18 heavy (non-hydrogen) atoms. The summed E-state index contributed by atoms with van der Waals surface area (Å²) >= 11 is 0. The SMILES string of the molecule is CCCN(CC(=O)O)C(=O)NCC1CCCCC1. The summed E-state index contributed by atoms with van der Waals surface area (Å²) in [6, 6.07) is -0.246. The van der Waals surface area contributed by atoms with E-state index in [9.17, 15) is 9.59 Å². The van der Waals surface area contributed by atoms with Gasteiger partial charge in [-0.2, -0.15) is 0 Å². The molecular weight excluding hydrogens is 232 g/mol. The van der Waals surface area contributed by atoms with Gasteiger partial charge in [0.2, 0.25) is 0 Å². The number of hydrogen-bond acceptors (Lipinski definition) is 2. The molecule has 0 saturated heterocycles. The van der Waals surface area contributed by atoms with Gasteiger partial charge in [-0.3, -0.25) is 4.79 Å². The average Bonchev–Trinajstić information content (AvgIpc) is 2.36. The molecule has 104 valence electrons. The van der Waals surface area contributed by atoms with Gasteiger partial charge in [0, 0.05) is 13.1 Å². The summed E-state index contributed by atoms with van der Waals surface area (Å²) in [5, 5.41) is 11.6. The topological polar surface area (TPSA) is 69.6 Å². The summed E-state index contributed by atoms with van der Waals surface area (Å²) in [6.45, 7) is 2.88. The molecule has 5 heteroatoms. The van der Waals surface area contributed by atoms with E-state index in [4.69, 9.17) is 5.11 Å². The summed E-state index contributed by atoms with van der Waals surface area (Å²) < 4.78 is 0. The van der Waals surface area contributed by atoms with Crippen molar-refractivity contribution in [1.29, 1.82) is 0 Å². The van der Waals surface area contributed by atoms with Crippen LogP contribution in [-0.4, -0.2) is 41.6 Å². The van der Waals surface area contributed by atoms with Gasteiger partial charge in [0.05, 0.1) is 0 Å². The van der Waals surface area contributed by atoms with Crippen molar-refractivity contribution in [3.05, 3.63) is 0 Å². The van der Waals surface area contributed by atoms with Crippen LogP contribution in [0.15, 0.2) is 0 Å². The molecule has 0 aromatic carbocycles. The fourth-order valence-electron chi connectivity index (χ4n) is 2.42. The Kier molecular flexibility index (Phi) is 6.54. The van der Waals surface area contributed by atoms with E-state index in [1.807, 2.05) is 6.92 Å². The minimum atomic E-state index is -0.962. The number of urea groups is 1. The van der Waals surface area contributed by atoms with Crippen LogP contribution in [0.4, 0.5) is 4.79 Å². The van der Waals surface area contributed by atoms with E-state index in [0.29, 0.717) is 19.0 Å². The summed E-state index contributed by atoms with van der Waals surface area (Å²) in [5.74, 6) is -0.396. The highest BCUT2D eigenvalue weighted by Crippen LogP contribution is 2.22. The maximum absolute atomic E-state index is 11.9. The molecule has 0 aromatic heterocycles. The van der Waals surface area contributed by atoms with Gasteiger partial charge < -0.3 is 15.3 Å². The van der Waals surface area contributed by atoms with E-state index in [0.717, 1.165) is 6.42 Å². The van der Waals surface area contributed by atoms with Crippen molar-refractivity contribution in [3.63, 3.8) is 0 Å². The van der Waals surface area contributed by atoms with Gasteiger partial charge in [0.25, 0.3) is 0 Å². The number of rotatable bonds is 6. The smallest absolute Gasteiger partial charge is 0.323 e. The largest absolute Gasteiger partial charge is 0.480 e. The lowest BCUT2D eigenvalue weighted by atomic mass is 9.89. The number of nitrogens with one attached hydrogen (secondary N) is 1. The summed E-state index contributed by atoms with van der Waals surface area (Å²) in [5.41, 5.74) is 0. The van der Waals surface area contributed by atoms with Crippen LogP contribution >= 0.6 is 0 Å². The maximum Gasteiger partial charge on any atom is 0.323 e. The molecule has 0 unspecified atom stereocenters. The van der Waals surface area contributed by atoms with E-state index in [1.54, 1.807) is 0 Å². The van der Waals surface area contributed by atoms with Crippen molar-refractivity contribution in [2.45, 2.75) is 45.4 Å². The lowest BCUT2D eigenvalue weighted by Gasteiger charge is -2.25. The molecule has 2 amide bonds. The molecule has 1 rings (SSSR count). The zero-order valence-electron chi connectivity index (χ0n) is 11.2. The molecule has 0 radical (unpaired) electrons. The summed E-state index contributed by atoms with van der Waals surface area (Å²) in [6.07, 6.45) is 6.90. The quantitative estimate of drug-likeness (QED) is 0.764. The second kappa shape index (κ2) is 7.95. The van der Waals surface area contributed by atoms with E-state index >= 15 is 0 Å². The first-order chi connectivity index (χ1) is 8.63. The second-order valence-electron chi connectivity index (χ2n) is 5.01. The maximum atomic E-state index is 11.9. The number of aliphatic carboxylic acids is 1. The van der Waals surface area contributed by atoms with Crippen molar-refractivity contribution in [2.75, 3.05) is 19.6 Å². The standard InChI is InChI=1S/C13H24N2O3/c1-2-8-15(10-12(16)17)13(18)14-9-11-6-4-3-5-7-11/h11H,2-10H2,1H3,(H,14,18)(H,16,17). The fraction of sp³-hybridized carbons (Fsp3) is 0.846. The molecule has 0 aliphatic heterocycles. The minimum absolute atomic E-state index is 0.218. The van der Waals surface area contributed by atoms with Crippen LogP contribution in [-0.2, 0) is 4.79 Å². The molecule has 1 saturated carbocycles. The van der Waals surface area contributed by atoms with Crippen LogP contribution in [0.1, 0.15) is 45.4 Å². The normalized spacial score (nSPS) is 16.3. The summed E-state index contributed by atoms with van der Waals surface area (Å²) in [4.78, 5) is 23.9. The van der Waals surface area contributed by atoms with Crippen molar-refractivity contribution >= 4 is 12.0 Å². The first kappa shape index (κ1) is 14.8. The van der Waals surface area contributed by atoms with Crippen LogP contribution in [0.2, 0.25) is 0 Å². The Morgan fingerprint density at radius 1 is 1.28 bits per heavy atom. The van der Waals surface area contributed by atoms with Crippen molar-refractivity contribution in [3.8, 4) is 0 Å². The lowest BCUT2D eigenvalue weighted by Crippen LogP contribution is -2.44. The molecule has 1 aliphatic rings. The number of carboxylic acid groups (broad SMARTS) is 1. The molecule has 0 heterocycles. The highest BCUT2D eigenvalue weighted by molar-refractivity contribution is 5.80. The van der Waals surface area contributed by atoms with Crippen LogP contribution in [0.3, 0.4) is 0 Å². The summed E-state index contributed by atoms with van der Waals surface area (Å²) in [7, 11) is 0. The van der Waals surface area contributed by atoms with Crippen molar-refractivity contribution in [1.82, 2.24) is 10.2 Å². The van der Waals surface area contributed by atoms with E-state index in [-0.39, 0.29) is 12.6 Å². The molecule has 1 aliphatic carbocycles. The molecule has 0 aromatic rings. The number of carbonyl (C=O) groups excluding carboxylic acids is 1. The van der Waals surface area contributed by atoms with Gasteiger partial charge in [0.1, 0.15) is 6.54 Å². The number of carbonyl (C=O) groups is 2. The fourth-order valence-corrected chi connectivity index (χ4v) is 2.42. The Hall–Kier alpha value is -1.26. The van der Waals surface area contributed by atoms with Gasteiger partial charge in [-0.15, -0.1) is 0 Å². The zero-order valence-corrected chi connectivity index (χ0v) is 11.2. The Morgan fingerprint density at radius 3 is 2.50 bits per heavy atom. The highest BCUT2D eigenvalue weighted by atomic mass is 16.4. The van der Waals surface area contributed by atoms with Crippen molar-refractivity contribution < 1.29 is 14.7 Å². The number of hydrogen-bond donors (Lipinski definition) is 2. The monoisotopic (exact) mass is 256 g/mol. The van der Waals surface area contributed by atoms with Gasteiger partial charge >= 0.3 is 12.0 Å². The highest BCUT2D eigenvalue weighted by Gasteiger charge is 2.18. The number of carboxylic acids is 1. The van der Waals surface area contributed by atoms with Crippen LogP contribution < -0.4 is 5.32 Å². The Labute approximate surface area is 109 Å². The second-order valence-corrected chi connectivity index (χ2v) is 5.01. The van der Waals surface area contributed by atoms with Crippen LogP contribution in [0, 0.1) is 5.92 Å². The Balaban J connectivity index is 2.32. The molecule has 0 bridgehead atoms. The third-order valence-electron chi connectivity index (χ3n) is 3.37. The molecule has 5 nitrogen and oxygen atoms in total. The Bertz CT molecular complexity index is 275. The molecule has 0 spiro atoms. The zero-order chi connectivity index (χ0) is 13.4. The van der Waals surface area contributed by atoms with Gasteiger partial charge in [-0.1, -0.05) is 26.2 Å². The number of amides is 2. The van der Waals surface area contributed by atoms with Gasteiger partial charge in [-0.05, 0) is 25.2 Å². The number of nitrogens with zero attached hydrogens (tertiary/aromatic N) is 1. The van der Waals surface area contributed by atoms with Gasteiger partial charge in [-0.25, -0.2) is 4.79 Å². The minimum Gasteiger partial charge on any atom is -0.480 e. The molecule has 1 fully saturated rings. The van der Waals surface area contributed by atoms with Gasteiger partial charge in [0.15, 0.2) is 0 Å². The third kappa shape index (κ3) is 5.38. The first-order valence-corrected chi connectivity index (χ1v) is 6.88. The average molecular weight is 256 g/mol. The molecule has 0 atom stereocenters. The van der Waals surface area contributed by atoms with E-state index in [2.05, 4.69) is 5.32 Å². The van der Waals surface area contributed by atoms with Crippen molar-refractivity contribution in [2.24, 2.45) is 5.92 Å². The Morgan fingerprint density at radius 2 is 1.94 bits per heavy atom. The molecular formula is C13H24N2O3. The van der Waals surface area contributed by atoms with E-state index in [1.165, 1.54) is 37.0 Å². The van der Waals surface area contributed by atoms with Crippen LogP contribution in [0.25, 0.3) is 0 Å².